The van der Waals surface area contributed by atoms with Crippen molar-refractivity contribution in [2.45, 2.75) is 11.8 Å². The zero-order chi connectivity index (χ0) is 23.0. The van der Waals surface area contributed by atoms with Crippen LogP contribution >= 0.6 is 27.3 Å². The molecular formula is C21H17BrN4O4S2. The van der Waals surface area contributed by atoms with Gasteiger partial charge in [0.2, 0.25) is 0 Å². The van der Waals surface area contributed by atoms with Crippen LogP contribution in [0.25, 0.3) is 21.5 Å². The molecule has 32 heavy (non-hydrogen) atoms. The number of nitrogens with zero attached hydrogens (tertiary/aromatic N) is 3. The van der Waals surface area contributed by atoms with Gasteiger partial charge in [-0.2, -0.15) is 0 Å². The molecule has 0 radical (unpaired) electrons. The lowest BCUT2D eigenvalue weighted by atomic mass is 9.99. The number of methoxy groups -OCH3 is 1. The van der Waals surface area contributed by atoms with Crippen LogP contribution in [0, 0.1) is 6.92 Å². The smallest absolute Gasteiger partial charge is 0.259 e. The number of benzene rings is 1. The van der Waals surface area contributed by atoms with Gasteiger partial charge in [-0.25, -0.2) is 18.4 Å². The highest BCUT2D eigenvalue weighted by molar-refractivity contribution is 9.10. The molecule has 0 aliphatic rings. The summed E-state index contributed by atoms with van der Waals surface area (Å²) >= 11 is 4.57. The quantitative estimate of drug-likeness (QED) is 0.377. The van der Waals surface area contributed by atoms with Crippen LogP contribution in [0.2, 0.25) is 0 Å². The summed E-state index contributed by atoms with van der Waals surface area (Å²) in [6, 6.07) is 9.84. The average Bonchev–Trinajstić information content (AvgIpc) is 3.13. The number of aryl methyl sites for hydroxylation is 1. The molecular weight excluding hydrogens is 516 g/mol. The van der Waals surface area contributed by atoms with Crippen molar-refractivity contribution in [2.24, 2.45) is 0 Å². The Kier molecular flexibility index (Phi) is 5.97. The van der Waals surface area contributed by atoms with Crippen LogP contribution in [0.1, 0.15) is 16.1 Å². The molecule has 1 aromatic carbocycles. The summed E-state index contributed by atoms with van der Waals surface area (Å²) in [6.45, 7) is 1.79. The number of sulfone groups is 1. The van der Waals surface area contributed by atoms with E-state index in [2.05, 4.69) is 36.2 Å². The van der Waals surface area contributed by atoms with Gasteiger partial charge in [-0.1, -0.05) is 11.3 Å². The standard InChI is InChI=1S/C21H17BrN4O4S2/c1-11-8-13(14-9-12(32(3,28)29)4-6-17(14)30-2)15(10-23-11)19(27)26-21-24-16-5-7-18(22)25-20(16)31-21/h4-10H,1-3H3,(H,24,26,27). The van der Waals surface area contributed by atoms with Crippen LogP contribution in [-0.2, 0) is 9.84 Å². The number of nitrogens with one attached hydrogen (secondary N) is 1. The van der Waals surface area contributed by atoms with E-state index in [-0.39, 0.29) is 10.5 Å². The monoisotopic (exact) mass is 532 g/mol. The van der Waals surface area contributed by atoms with Crippen molar-refractivity contribution >= 4 is 58.5 Å². The van der Waals surface area contributed by atoms with Crippen LogP contribution in [0.15, 0.2) is 52.1 Å². The molecule has 0 spiro atoms. The first-order chi connectivity index (χ1) is 15.2. The molecule has 0 aliphatic heterocycles. The van der Waals surface area contributed by atoms with Crippen molar-refractivity contribution in [2.75, 3.05) is 18.7 Å². The second kappa shape index (κ2) is 8.57. The second-order valence-corrected chi connectivity index (χ2v) is 10.7. The first-order valence-electron chi connectivity index (χ1n) is 9.25. The molecule has 164 valence electrons. The molecule has 0 saturated heterocycles. The summed E-state index contributed by atoms with van der Waals surface area (Å²) in [4.78, 5) is 27.0. The van der Waals surface area contributed by atoms with E-state index in [1.165, 1.54) is 36.8 Å². The van der Waals surface area contributed by atoms with Gasteiger partial charge < -0.3 is 4.74 Å². The van der Waals surface area contributed by atoms with Crippen molar-refractivity contribution in [3.63, 3.8) is 0 Å². The van der Waals surface area contributed by atoms with E-state index >= 15 is 0 Å². The average molecular weight is 533 g/mol. The number of hydrogen-bond acceptors (Lipinski definition) is 8. The lowest BCUT2D eigenvalue weighted by Gasteiger charge is -2.14. The maximum Gasteiger partial charge on any atom is 0.259 e. The lowest BCUT2D eigenvalue weighted by molar-refractivity contribution is 0.102. The fourth-order valence-electron chi connectivity index (χ4n) is 3.10. The number of ether oxygens (including phenoxy) is 1. The van der Waals surface area contributed by atoms with E-state index in [0.29, 0.717) is 42.7 Å². The first kappa shape index (κ1) is 22.3. The zero-order valence-electron chi connectivity index (χ0n) is 17.2. The van der Waals surface area contributed by atoms with Gasteiger partial charge in [0.25, 0.3) is 5.91 Å². The fourth-order valence-corrected chi connectivity index (χ4v) is 5.01. The predicted molar refractivity (Wildman–Crippen MR) is 127 cm³/mol. The molecule has 1 N–H and O–H groups in total. The number of pyridine rings is 2. The maximum absolute atomic E-state index is 13.2. The van der Waals surface area contributed by atoms with Crippen molar-refractivity contribution in [3.8, 4) is 16.9 Å². The normalized spacial score (nSPS) is 11.5. The third-order valence-corrected chi connectivity index (χ3v) is 7.05. The summed E-state index contributed by atoms with van der Waals surface area (Å²) in [5.41, 5.74) is 2.56. The van der Waals surface area contributed by atoms with Gasteiger partial charge in [-0.15, -0.1) is 0 Å². The van der Waals surface area contributed by atoms with Crippen molar-refractivity contribution in [1.29, 1.82) is 0 Å². The number of carbonyl (C=O) groups excluding carboxylic acids is 1. The SMILES string of the molecule is COc1ccc(S(C)(=O)=O)cc1-c1cc(C)ncc1C(=O)Nc1nc2ccc(Br)nc2s1. The van der Waals surface area contributed by atoms with Gasteiger partial charge in [-0.05, 0) is 59.3 Å². The first-order valence-corrected chi connectivity index (χ1v) is 12.8. The van der Waals surface area contributed by atoms with Crippen LogP contribution in [0.5, 0.6) is 5.75 Å². The number of carbonyl (C=O) groups is 1. The summed E-state index contributed by atoms with van der Waals surface area (Å²) in [5, 5.41) is 3.18. The van der Waals surface area contributed by atoms with Crippen LogP contribution in [0.3, 0.4) is 0 Å². The second-order valence-electron chi connectivity index (χ2n) is 6.94. The van der Waals surface area contributed by atoms with Crippen molar-refractivity contribution in [1.82, 2.24) is 15.0 Å². The lowest BCUT2D eigenvalue weighted by Crippen LogP contribution is -2.14. The topological polar surface area (TPSA) is 111 Å². The molecule has 1 amide bonds. The number of hydrogen-bond donors (Lipinski definition) is 1. The van der Waals surface area contributed by atoms with E-state index in [9.17, 15) is 13.2 Å². The van der Waals surface area contributed by atoms with Gasteiger partial charge in [0, 0.05) is 29.3 Å². The highest BCUT2D eigenvalue weighted by Crippen LogP contribution is 2.35. The molecule has 4 rings (SSSR count). The van der Waals surface area contributed by atoms with Crippen LogP contribution in [0.4, 0.5) is 5.13 Å². The van der Waals surface area contributed by atoms with E-state index in [1.54, 1.807) is 31.2 Å². The maximum atomic E-state index is 13.2. The number of anilines is 1. The molecule has 0 saturated carbocycles. The van der Waals surface area contributed by atoms with E-state index in [4.69, 9.17) is 4.74 Å². The Labute approximate surface area is 196 Å². The Morgan fingerprint density at radius 1 is 1.12 bits per heavy atom. The molecule has 3 heterocycles. The minimum atomic E-state index is -3.46. The number of fused-ring (bicyclic) bond motifs is 1. The summed E-state index contributed by atoms with van der Waals surface area (Å²) in [7, 11) is -1.97. The van der Waals surface area contributed by atoms with Crippen LogP contribution in [-0.4, -0.2) is 42.6 Å². The Morgan fingerprint density at radius 3 is 2.62 bits per heavy atom. The molecule has 0 bridgehead atoms. The molecule has 0 aliphatic carbocycles. The molecule has 11 heteroatoms. The molecule has 0 unspecified atom stereocenters. The highest BCUT2D eigenvalue weighted by atomic mass is 79.9. The van der Waals surface area contributed by atoms with Crippen molar-refractivity contribution in [3.05, 3.63) is 58.5 Å². The number of rotatable bonds is 5. The van der Waals surface area contributed by atoms with Gasteiger partial charge in [0.15, 0.2) is 15.0 Å². The summed E-state index contributed by atoms with van der Waals surface area (Å²) < 4.78 is 30.3. The third-order valence-electron chi connectivity index (χ3n) is 4.62. The minimum Gasteiger partial charge on any atom is -0.496 e. The largest absolute Gasteiger partial charge is 0.496 e. The molecule has 3 aromatic heterocycles. The fraction of sp³-hybridized carbons (Fsp3) is 0.143. The Morgan fingerprint density at radius 2 is 1.91 bits per heavy atom. The zero-order valence-corrected chi connectivity index (χ0v) is 20.4. The van der Waals surface area contributed by atoms with Crippen molar-refractivity contribution < 1.29 is 17.9 Å². The molecule has 4 aromatic rings. The molecule has 0 atom stereocenters. The number of aromatic nitrogens is 3. The molecule has 8 nitrogen and oxygen atoms in total. The highest BCUT2D eigenvalue weighted by Gasteiger charge is 2.20. The predicted octanol–water partition coefficient (Wildman–Crippen LogP) is 4.49. The Bertz CT molecular complexity index is 1470. The number of halogens is 1. The minimum absolute atomic E-state index is 0.122. The third kappa shape index (κ3) is 4.50. The number of thiazole rings is 1. The van der Waals surface area contributed by atoms with E-state index < -0.39 is 15.7 Å². The Hall–Kier alpha value is -2.89. The molecule has 0 fully saturated rings. The van der Waals surface area contributed by atoms with Gasteiger partial charge in [0.1, 0.15) is 20.7 Å². The van der Waals surface area contributed by atoms with Gasteiger partial charge in [0.05, 0.1) is 17.6 Å². The van der Waals surface area contributed by atoms with E-state index in [1.807, 2.05) is 0 Å². The van der Waals surface area contributed by atoms with E-state index in [0.717, 1.165) is 6.26 Å². The summed E-state index contributed by atoms with van der Waals surface area (Å²) in [5.74, 6) is 0.00326. The Balaban J connectivity index is 1.79. The van der Waals surface area contributed by atoms with Crippen LogP contribution < -0.4 is 10.1 Å². The van der Waals surface area contributed by atoms with Gasteiger partial charge >= 0.3 is 0 Å². The number of amides is 1. The van der Waals surface area contributed by atoms with Gasteiger partial charge in [-0.3, -0.25) is 15.1 Å². The summed E-state index contributed by atoms with van der Waals surface area (Å²) in [6.07, 6.45) is 2.58.